The lowest BCUT2D eigenvalue weighted by Gasteiger charge is -2.12. The summed E-state index contributed by atoms with van der Waals surface area (Å²) in [5.74, 6) is -0.221. The fourth-order valence-corrected chi connectivity index (χ4v) is 1.94. The second kappa shape index (κ2) is 5.42. The smallest absolute Gasteiger partial charge is 0.123 e. The topological polar surface area (TPSA) is 40.7 Å². The van der Waals surface area contributed by atoms with Crippen molar-refractivity contribution in [1.29, 1.82) is 0 Å². The summed E-state index contributed by atoms with van der Waals surface area (Å²) < 4.78 is 14.0. The zero-order chi connectivity index (χ0) is 12.3. The lowest BCUT2D eigenvalue weighted by Crippen LogP contribution is -2.18. The number of nitrogens with zero attached hydrogens (tertiary/aromatic N) is 1. The molecule has 1 aromatic heterocycles. The number of hydrogen-bond donors (Lipinski definition) is 2. The van der Waals surface area contributed by atoms with E-state index in [0.717, 1.165) is 15.6 Å². The lowest BCUT2D eigenvalue weighted by molar-refractivity contribution is 0.568. The Kier molecular flexibility index (Phi) is 3.91. The van der Waals surface area contributed by atoms with E-state index in [4.69, 9.17) is 0 Å². The van der Waals surface area contributed by atoms with Crippen molar-refractivity contribution in [1.82, 2.24) is 15.5 Å². The van der Waals surface area contributed by atoms with Gasteiger partial charge in [-0.1, -0.05) is 15.9 Å². The minimum absolute atomic E-state index is 0.170. The van der Waals surface area contributed by atoms with Crippen molar-refractivity contribution in [2.75, 3.05) is 0 Å². The molecule has 1 atom stereocenters. The Morgan fingerprint density at radius 1 is 1.53 bits per heavy atom. The quantitative estimate of drug-likeness (QED) is 0.910. The van der Waals surface area contributed by atoms with Gasteiger partial charge in [-0.15, -0.1) is 0 Å². The van der Waals surface area contributed by atoms with Gasteiger partial charge in [0.05, 0.1) is 6.20 Å². The molecule has 0 amide bonds. The van der Waals surface area contributed by atoms with Gasteiger partial charge in [0, 0.05) is 28.8 Å². The van der Waals surface area contributed by atoms with Crippen molar-refractivity contribution in [3.8, 4) is 0 Å². The molecule has 0 aliphatic rings. The minimum atomic E-state index is -0.221. The lowest BCUT2D eigenvalue weighted by atomic mass is 10.1. The van der Waals surface area contributed by atoms with E-state index < -0.39 is 0 Å². The van der Waals surface area contributed by atoms with Crippen LogP contribution in [0, 0.1) is 5.82 Å². The summed E-state index contributed by atoms with van der Waals surface area (Å²) >= 11 is 3.40. The van der Waals surface area contributed by atoms with E-state index in [-0.39, 0.29) is 11.9 Å². The van der Waals surface area contributed by atoms with Gasteiger partial charge >= 0.3 is 0 Å². The van der Waals surface area contributed by atoms with Gasteiger partial charge in [-0.05, 0) is 30.7 Å². The molecule has 0 fully saturated rings. The number of halogens is 2. The van der Waals surface area contributed by atoms with Crippen LogP contribution in [-0.2, 0) is 6.54 Å². The summed E-state index contributed by atoms with van der Waals surface area (Å²) in [6.07, 6.45) is 3.62. The number of aromatic amines is 1. The van der Waals surface area contributed by atoms with Gasteiger partial charge in [0.1, 0.15) is 5.82 Å². The zero-order valence-electron chi connectivity index (χ0n) is 9.37. The first-order valence-corrected chi connectivity index (χ1v) is 6.12. The first-order valence-electron chi connectivity index (χ1n) is 5.33. The van der Waals surface area contributed by atoms with Crippen molar-refractivity contribution in [2.45, 2.75) is 19.5 Å². The molecule has 0 bridgehead atoms. The van der Waals surface area contributed by atoms with Gasteiger partial charge in [-0.3, -0.25) is 5.10 Å². The summed E-state index contributed by atoms with van der Waals surface area (Å²) in [7, 11) is 0. The Bertz CT molecular complexity index is 485. The average molecular weight is 298 g/mol. The van der Waals surface area contributed by atoms with Crippen LogP contribution in [0.5, 0.6) is 0 Å². The van der Waals surface area contributed by atoms with Gasteiger partial charge in [0.15, 0.2) is 0 Å². The average Bonchev–Trinajstić information content (AvgIpc) is 2.83. The summed E-state index contributed by atoms with van der Waals surface area (Å²) in [6, 6.07) is 4.85. The molecule has 2 rings (SSSR count). The Morgan fingerprint density at radius 2 is 2.35 bits per heavy atom. The van der Waals surface area contributed by atoms with Crippen molar-refractivity contribution in [3.63, 3.8) is 0 Å². The van der Waals surface area contributed by atoms with Crippen LogP contribution in [0.25, 0.3) is 0 Å². The molecule has 0 radical (unpaired) electrons. The summed E-state index contributed by atoms with van der Waals surface area (Å²) in [5, 5.41) is 9.98. The van der Waals surface area contributed by atoms with Crippen LogP contribution in [0.1, 0.15) is 24.1 Å². The van der Waals surface area contributed by atoms with Gasteiger partial charge in [0.2, 0.25) is 0 Å². The molecule has 0 saturated heterocycles. The molecule has 0 aliphatic heterocycles. The fraction of sp³-hybridized carbons (Fsp3) is 0.250. The van der Waals surface area contributed by atoms with Crippen LogP contribution < -0.4 is 5.32 Å². The van der Waals surface area contributed by atoms with Crippen LogP contribution >= 0.6 is 15.9 Å². The SMILES string of the molecule is CC(NCc1cc(F)ccc1Br)c1cn[nH]c1. The van der Waals surface area contributed by atoms with Crippen LogP contribution in [0.3, 0.4) is 0 Å². The maximum atomic E-state index is 13.1. The molecule has 0 spiro atoms. The molecule has 1 aromatic carbocycles. The number of H-pyrrole nitrogens is 1. The summed E-state index contributed by atoms with van der Waals surface area (Å²) in [4.78, 5) is 0. The van der Waals surface area contributed by atoms with Crippen molar-refractivity contribution >= 4 is 15.9 Å². The highest BCUT2D eigenvalue weighted by molar-refractivity contribution is 9.10. The van der Waals surface area contributed by atoms with Crippen LogP contribution in [-0.4, -0.2) is 10.2 Å². The Hall–Kier alpha value is -1.20. The number of rotatable bonds is 4. The van der Waals surface area contributed by atoms with Gasteiger partial charge in [-0.25, -0.2) is 4.39 Å². The van der Waals surface area contributed by atoms with Crippen molar-refractivity contribution in [3.05, 3.63) is 52.0 Å². The second-order valence-corrected chi connectivity index (χ2v) is 4.72. The van der Waals surface area contributed by atoms with Crippen LogP contribution in [0.2, 0.25) is 0 Å². The van der Waals surface area contributed by atoms with E-state index in [1.54, 1.807) is 12.3 Å². The van der Waals surface area contributed by atoms with Gasteiger partial charge in [-0.2, -0.15) is 5.10 Å². The maximum absolute atomic E-state index is 13.1. The molecule has 0 saturated carbocycles. The van der Waals surface area contributed by atoms with E-state index in [2.05, 4.69) is 31.4 Å². The molecule has 3 nitrogen and oxygen atoms in total. The predicted molar refractivity (Wildman–Crippen MR) is 67.9 cm³/mol. The van der Waals surface area contributed by atoms with Crippen molar-refractivity contribution in [2.24, 2.45) is 0 Å². The molecule has 17 heavy (non-hydrogen) atoms. The van der Waals surface area contributed by atoms with E-state index >= 15 is 0 Å². The van der Waals surface area contributed by atoms with Gasteiger partial charge in [0.25, 0.3) is 0 Å². The molecule has 5 heteroatoms. The Balaban J connectivity index is 2.00. The molecular weight excluding hydrogens is 285 g/mol. The largest absolute Gasteiger partial charge is 0.306 e. The zero-order valence-corrected chi connectivity index (χ0v) is 11.0. The highest BCUT2D eigenvalue weighted by Crippen LogP contribution is 2.19. The third-order valence-electron chi connectivity index (χ3n) is 2.63. The van der Waals surface area contributed by atoms with Crippen molar-refractivity contribution < 1.29 is 4.39 Å². The fourth-order valence-electron chi connectivity index (χ4n) is 1.56. The van der Waals surface area contributed by atoms with E-state index in [1.165, 1.54) is 12.1 Å². The molecule has 2 N–H and O–H groups in total. The van der Waals surface area contributed by atoms with Gasteiger partial charge < -0.3 is 5.32 Å². The third kappa shape index (κ3) is 3.14. The molecule has 2 aromatic rings. The maximum Gasteiger partial charge on any atom is 0.123 e. The third-order valence-corrected chi connectivity index (χ3v) is 3.40. The second-order valence-electron chi connectivity index (χ2n) is 3.87. The number of aromatic nitrogens is 2. The first kappa shape index (κ1) is 12.3. The normalized spacial score (nSPS) is 12.6. The van der Waals surface area contributed by atoms with E-state index in [1.807, 2.05) is 13.1 Å². The van der Waals surface area contributed by atoms with E-state index in [0.29, 0.717) is 6.54 Å². The number of hydrogen-bond acceptors (Lipinski definition) is 2. The highest BCUT2D eigenvalue weighted by Gasteiger charge is 2.07. The first-order chi connectivity index (χ1) is 8.16. The standard InChI is InChI=1S/C12H13BrFN3/c1-8(10-6-16-17-7-10)15-5-9-4-11(14)2-3-12(9)13/h2-4,6-8,15H,5H2,1H3,(H,16,17). The number of nitrogens with one attached hydrogen (secondary N) is 2. The molecule has 1 unspecified atom stereocenters. The van der Waals surface area contributed by atoms with Crippen LogP contribution in [0.4, 0.5) is 4.39 Å². The summed E-state index contributed by atoms with van der Waals surface area (Å²) in [6.45, 7) is 2.64. The Labute approximate surface area is 108 Å². The monoisotopic (exact) mass is 297 g/mol. The molecule has 1 heterocycles. The van der Waals surface area contributed by atoms with E-state index in [9.17, 15) is 4.39 Å². The van der Waals surface area contributed by atoms with Crippen LogP contribution in [0.15, 0.2) is 35.1 Å². The molecule has 0 aliphatic carbocycles. The Morgan fingerprint density at radius 3 is 3.06 bits per heavy atom. The minimum Gasteiger partial charge on any atom is -0.306 e. The number of benzene rings is 1. The molecular formula is C12H13BrFN3. The summed E-state index contributed by atoms with van der Waals surface area (Å²) in [5.41, 5.74) is 1.98. The highest BCUT2D eigenvalue weighted by atomic mass is 79.9. The predicted octanol–water partition coefficient (Wildman–Crippen LogP) is 3.16. The molecule has 90 valence electrons.